The zero-order valence-electron chi connectivity index (χ0n) is 31.1. The van der Waals surface area contributed by atoms with Crippen LogP contribution in [-0.4, -0.2) is 40.8 Å². The predicted octanol–water partition coefficient (Wildman–Crippen LogP) is 12.4. The van der Waals surface area contributed by atoms with Crippen molar-refractivity contribution in [2.75, 3.05) is 16.5 Å². The number of hydrogen-bond donors (Lipinski definition) is 1. The van der Waals surface area contributed by atoms with Crippen LogP contribution in [0.1, 0.15) is 122 Å². The van der Waals surface area contributed by atoms with Crippen molar-refractivity contribution >= 4 is 98.8 Å². The van der Waals surface area contributed by atoms with Crippen LogP contribution in [-0.2, 0) is 19.1 Å². The lowest BCUT2D eigenvalue weighted by atomic mass is 10.0. The summed E-state index contributed by atoms with van der Waals surface area (Å²) in [6.45, 7) is 2.87. The summed E-state index contributed by atoms with van der Waals surface area (Å²) in [5.74, 6) is -1.15. The lowest BCUT2D eigenvalue weighted by molar-refractivity contribution is -0.122. The third-order valence-electron chi connectivity index (χ3n) is 10.0. The Morgan fingerprint density at radius 3 is 2.07 bits per heavy atom. The number of unbranched alkanes of at least 4 members (excludes halogenated alkanes) is 14. The van der Waals surface area contributed by atoms with Crippen molar-refractivity contribution in [3.63, 3.8) is 0 Å². The van der Waals surface area contributed by atoms with Gasteiger partial charge in [-0.3, -0.25) is 19.8 Å². The molecule has 3 heterocycles. The highest BCUT2D eigenvalue weighted by Gasteiger charge is 2.43. The molecule has 3 fully saturated rings. The Kier molecular flexibility index (Phi) is 17.4. The Balaban J connectivity index is 1.15. The van der Waals surface area contributed by atoms with E-state index in [1.54, 1.807) is 18.2 Å². The number of nitrogens with one attached hydrogen (secondary N) is 1. The molecule has 3 saturated heterocycles. The molecule has 5 rings (SSSR count). The van der Waals surface area contributed by atoms with E-state index in [2.05, 4.69) is 12.3 Å². The molecule has 3 unspecified atom stereocenters. The molecule has 54 heavy (non-hydrogen) atoms. The van der Waals surface area contributed by atoms with Crippen molar-refractivity contribution < 1.29 is 19.1 Å². The third kappa shape index (κ3) is 11.9. The summed E-state index contributed by atoms with van der Waals surface area (Å²) in [5, 5.41) is 1.45. The second-order valence-corrected chi connectivity index (χ2v) is 17.2. The van der Waals surface area contributed by atoms with E-state index in [1.165, 1.54) is 117 Å². The number of imide groups is 1. The molecule has 0 aliphatic carbocycles. The van der Waals surface area contributed by atoms with Gasteiger partial charge in [0.1, 0.15) is 22.2 Å². The molecule has 3 aliphatic rings. The fourth-order valence-electron chi connectivity index (χ4n) is 7.04. The van der Waals surface area contributed by atoms with E-state index in [1.807, 2.05) is 12.2 Å². The van der Waals surface area contributed by atoms with Crippen LogP contribution in [0.3, 0.4) is 0 Å². The van der Waals surface area contributed by atoms with Gasteiger partial charge in [0, 0.05) is 18.1 Å². The highest BCUT2D eigenvalue weighted by Crippen LogP contribution is 2.41. The minimum atomic E-state index is -0.792. The molecule has 294 valence electrons. The zero-order valence-corrected chi connectivity index (χ0v) is 34.9. The molecule has 13 heteroatoms. The van der Waals surface area contributed by atoms with Gasteiger partial charge in [0.25, 0.3) is 5.91 Å². The van der Waals surface area contributed by atoms with E-state index in [4.69, 9.17) is 56.1 Å². The second-order valence-electron chi connectivity index (χ2n) is 14.3. The summed E-state index contributed by atoms with van der Waals surface area (Å²) < 4.78 is 5.82. The van der Waals surface area contributed by atoms with Gasteiger partial charge in [-0.15, -0.1) is 11.8 Å². The number of hydrazine groups is 1. The molecule has 8 nitrogen and oxygen atoms in total. The Labute approximate surface area is 344 Å². The monoisotopic (exact) mass is 836 g/mol. The van der Waals surface area contributed by atoms with Crippen LogP contribution in [0.2, 0.25) is 20.1 Å². The molecule has 0 aromatic heterocycles. The maximum atomic E-state index is 13.8. The third-order valence-corrected chi connectivity index (χ3v) is 12.5. The van der Waals surface area contributed by atoms with Crippen molar-refractivity contribution in [3.05, 3.63) is 62.6 Å². The van der Waals surface area contributed by atoms with Gasteiger partial charge in [0.05, 0.1) is 32.4 Å². The van der Waals surface area contributed by atoms with Crippen LogP contribution in [0.25, 0.3) is 0 Å². The van der Waals surface area contributed by atoms with Crippen molar-refractivity contribution in [1.82, 2.24) is 5.43 Å². The first kappa shape index (κ1) is 42.9. The topological polar surface area (TPSA) is 91.3 Å². The lowest BCUT2D eigenvalue weighted by Crippen LogP contribution is -2.36. The number of hydrogen-bond acceptors (Lipinski definition) is 6. The molecule has 3 atom stereocenters. The number of aliphatic imine (C=N–C) groups is 1. The molecule has 3 aliphatic heterocycles. The van der Waals surface area contributed by atoms with Crippen LogP contribution in [0, 0.1) is 5.92 Å². The van der Waals surface area contributed by atoms with Gasteiger partial charge >= 0.3 is 0 Å². The number of halogens is 4. The van der Waals surface area contributed by atoms with Crippen LogP contribution in [0.15, 0.2) is 47.5 Å². The van der Waals surface area contributed by atoms with Gasteiger partial charge < -0.3 is 4.74 Å². The Morgan fingerprint density at radius 1 is 0.833 bits per heavy atom. The molecular formula is C41H52Cl4N4O4S. The summed E-state index contributed by atoms with van der Waals surface area (Å²) >= 11 is 27.1. The number of allylic oxidation sites excluding steroid dienone is 1. The van der Waals surface area contributed by atoms with Gasteiger partial charge in [0.2, 0.25) is 11.8 Å². The predicted molar refractivity (Wildman–Crippen MR) is 226 cm³/mol. The number of amides is 3. The summed E-state index contributed by atoms with van der Waals surface area (Å²) in [5.41, 5.74) is 3.75. The van der Waals surface area contributed by atoms with Gasteiger partial charge in [-0.25, -0.2) is 14.9 Å². The first-order chi connectivity index (χ1) is 26.2. The Morgan fingerprint density at radius 2 is 1.46 bits per heavy atom. The van der Waals surface area contributed by atoms with E-state index in [0.29, 0.717) is 17.3 Å². The van der Waals surface area contributed by atoms with Crippen LogP contribution < -0.4 is 15.3 Å². The normalized spacial score (nSPS) is 21.1. The highest BCUT2D eigenvalue weighted by molar-refractivity contribution is 8.01. The van der Waals surface area contributed by atoms with Crippen LogP contribution in [0.5, 0.6) is 0 Å². The minimum absolute atomic E-state index is 0.105. The Hall–Kier alpha value is -2.27. The summed E-state index contributed by atoms with van der Waals surface area (Å²) in [6, 6.07) is 7.83. The number of nitrogens with zero attached hydrogens (tertiary/aromatic N) is 3. The standard InChI is InChI=1S/C41H52Cl4N4O4S/c1-2-3-4-5-6-7-8-9-10-11-12-13-14-15-16-17-19-28-24-35(50)48(40(28)51)30-21-22-31(43)34(27-30)46-39-38(54-36-20-18-23-53-36)41(52)49(47-39)37-32(44)25-29(42)26-33(37)45/h17,19,21-22,25-28,36,38H,2-16,18,20,23-24H2,1H3,(H,46,47). The molecule has 3 amide bonds. The van der Waals surface area contributed by atoms with E-state index in [0.717, 1.165) is 25.7 Å². The number of benzene rings is 2. The average molecular weight is 839 g/mol. The smallest absolute Gasteiger partial charge is 0.266 e. The Bertz CT molecular complexity index is 1640. The molecule has 2 aromatic rings. The number of anilines is 2. The largest absolute Gasteiger partial charge is 0.368 e. The van der Waals surface area contributed by atoms with E-state index in [9.17, 15) is 14.4 Å². The van der Waals surface area contributed by atoms with E-state index in [-0.39, 0.29) is 61.9 Å². The van der Waals surface area contributed by atoms with Crippen molar-refractivity contribution in [1.29, 1.82) is 0 Å². The molecule has 0 bridgehead atoms. The fraction of sp³-hybridized carbons (Fsp3) is 0.561. The second kappa shape index (κ2) is 21.9. The number of amidine groups is 1. The average Bonchev–Trinajstić information content (AvgIpc) is 3.83. The lowest BCUT2D eigenvalue weighted by Gasteiger charge is -2.19. The van der Waals surface area contributed by atoms with Crippen molar-refractivity contribution in [2.24, 2.45) is 10.9 Å². The molecule has 0 spiro atoms. The van der Waals surface area contributed by atoms with Crippen molar-refractivity contribution in [2.45, 2.75) is 133 Å². The quantitative estimate of drug-likeness (QED) is 0.0765. The number of rotatable bonds is 21. The number of carbonyl (C=O) groups excluding carboxylic acids is 3. The summed E-state index contributed by atoms with van der Waals surface area (Å²) in [4.78, 5) is 46.5. The number of carbonyl (C=O) groups is 3. The van der Waals surface area contributed by atoms with Gasteiger partial charge in [-0.05, 0) is 56.0 Å². The maximum Gasteiger partial charge on any atom is 0.266 e. The van der Waals surface area contributed by atoms with E-state index < -0.39 is 11.2 Å². The SMILES string of the molecule is CCCCCCCCCCCCCCCCC=CC1CC(=O)N(c2ccc(Cl)c(N=C3NN(c4c(Cl)cc(Cl)cc4Cl)C(=O)C3SC3CCCO3)c2)C1=O. The maximum absolute atomic E-state index is 13.8. The van der Waals surface area contributed by atoms with Crippen LogP contribution >= 0.6 is 58.2 Å². The molecule has 1 N–H and O–H groups in total. The van der Waals surface area contributed by atoms with Gasteiger partial charge in [-0.2, -0.15) is 0 Å². The molecular weight excluding hydrogens is 786 g/mol. The van der Waals surface area contributed by atoms with Crippen molar-refractivity contribution in [3.8, 4) is 0 Å². The molecule has 0 saturated carbocycles. The summed E-state index contributed by atoms with van der Waals surface area (Å²) in [6.07, 6.45) is 25.0. The van der Waals surface area contributed by atoms with Crippen LogP contribution in [0.4, 0.5) is 17.1 Å². The molecule has 0 radical (unpaired) electrons. The highest BCUT2D eigenvalue weighted by atomic mass is 35.5. The fourth-order valence-corrected chi connectivity index (χ4v) is 9.42. The molecule has 2 aromatic carbocycles. The summed E-state index contributed by atoms with van der Waals surface area (Å²) in [7, 11) is 0. The first-order valence-electron chi connectivity index (χ1n) is 19.6. The number of ether oxygens (including phenoxy) is 1. The minimum Gasteiger partial charge on any atom is -0.368 e. The van der Waals surface area contributed by atoms with Gasteiger partial charge in [-0.1, -0.05) is 149 Å². The number of thioether (sulfide) groups is 1. The zero-order chi connectivity index (χ0) is 38.5. The van der Waals surface area contributed by atoms with Gasteiger partial charge in [0.15, 0.2) is 0 Å². The van der Waals surface area contributed by atoms with E-state index >= 15 is 0 Å². The first-order valence-corrected chi connectivity index (χ1v) is 22.1.